The Bertz CT molecular complexity index is 295. The molecule has 2 rings (SSSR count). The standard InChI is InChI=1S/C10H14ClNS/c1-6(2)7-5-12-9(7)10-8(11)3-4-13-10/h3-4,6-7,9,12H,5H2,1-2H3. The third kappa shape index (κ3) is 1.63. The fraction of sp³-hybridized carbons (Fsp3) is 0.600. The lowest BCUT2D eigenvalue weighted by Gasteiger charge is -2.40. The molecule has 0 bridgehead atoms. The van der Waals surface area contributed by atoms with E-state index >= 15 is 0 Å². The Balaban J connectivity index is 2.15. The van der Waals surface area contributed by atoms with Crippen molar-refractivity contribution < 1.29 is 0 Å². The summed E-state index contributed by atoms with van der Waals surface area (Å²) in [6, 6.07) is 2.49. The Morgan fingerprint density at radius 2 is 2.38 bits per heavy atom. The van der Waals surface area contributed by atoms with Crippen molar-refractivity contribution in [3.63, 3.8) is 0 Å². The number of nitrogens with one attached hydrogen (secondary N) is 1. The number of hydrogen-bond donors (Lipinski definition) is 1. The summed E-state index contributed by atoms with van der Waals surface area (Å²) in [6.45, 7) is 5.69. The van der Waals surface area contributed by atoms with Crippen LogP contribution >= 0.6 is 22.9 Å². The van der Waals surface area contributed by atoms with Crippen molar-refractivity contribution in [2.24, 2.45) is 11.8 Å². The van der Waals surface area contributed by atoms with Gasteiger partial charge in [-0.15, -0.1) is 11.3 Å². The molecule has 2 atom stereocenters. The minimum atomic E-state index is 0.507. The van der Waals surface area contributed by atoms with Gasteiger partial charge in [0.1, 0.15) is 0 Å². The maximum Gasteiger partial charge on any atom is 0.0561 e. The van der Waals surface area contributed by atoms with Gasteiger partial charge in [0.05, 0.1) is 5.02 Å². The van der Waals surface area contributed by atoms with Crippen LogP contribution in [0, 0.1) is 11.8 Å². The molecule has 0 aliphatic carbocycles. The third-order valence-corrected chi connectivity index (χ3v) is 4.23. The molecule has 0 aromatic carbocycles. The van der Waals surface area contributed by atoms with Gasteiger partial charge >= 0.3 is 0 Å². The van der Waals surface area contributed by atoms with E-state index in [2.05, 4.69) is 24.5 Å². The molecule has 1 saturated heterocycles. The lowest BCUT2D eigenvalue weighted by atomic mass is 9.81. The highest BCUT2D eigenvalue weighted by Gasteiger charge is 2.35. The predicted molar refractivity (Wildman–Crippen MR) is 58.4 cm³/mol. The normalized spacial score (nSPS) is 27.7. The molecule has 0 radical (unpaired) electrons. The molecule has 1 nitrogen and oxygen atoms in total. The molecular formula is C10H14ClNS. The molecule has 0 spiro atoms. The van der Waals surface area contributed by atoms with Crippen molar-refractivity contribution in [1.29, 1.82) is 0 Å². The SMILES string of the molecule is CC(C)C1CNC1c1sccc1Cl. The zero-order chi connectivity index (χ0) is 9.42. The molecule has 1 fully saturated rings. The number of hydrogen-bond acceptors (Lipinski definition) is 2. The molecule has 2 unspecified atom stereocenters. The second-order valence-corrected chi connectivity index (χ2v) is 5.28. The summed E-state index contributed by atoms with van der Waals surface area (Å²) in [6.07, 6.45) is 0. The number of halogens is 1. The van der Waals surface area contributed by atoms with E-state index in [0.717, 1.165) is 23.4 Å². The largest absolute Gasteiger partial charge is 0.309 e. The van der Waals surface area contributed by atoms with Crippen LogP contribution in [0.5, 0.6) is 0 Å². The van der Waals surface area contributed by atoms with Gasteiger partial charge in [-0.3, -0.25) is 0 Å². The fourth-order valence-electron chi connectivity index (χ4n) is 1.81. The second kappa shape index (κ2) is 3.60. The Labute approximate surface area is 88.1 Å². The number of thiophene rings is 1. The van der Waals surface area contributed by atoms with Gasteiger partial charge in [0, 0.05) is 17.5 Å². The summed E-state index contributed by atoms with van der Waals surface area (Å²) in [5, 5.41) is 6.43. The van der Waals surface area contributed by atoms with Crippen LogP contribution in [0.1, 0.15) is 24.8 Å². The van der Waals surface area contributed by atoms with Crippen molar-refractivity contribution in [1.82, 2.24) is 5.32 Å². The van der Waals surface area contributed by atoms with E-state index < -0.39 is 0 Å². The summed E-state index contributed by atoms with van der Waals surface area (Å²) < 4.78 is 0. The molecule has 1 N–H and O–H groups in total. The van der Waals surface area contributed by atoms with Crippen LogP contribution in [0.4, 0.5) is 0 Å². The highest BCUT2D eigenvalue weighted by molar-refractivity contribution is 7.10. The van der Waals surface area contributed by atoms with Crippen LogP contribution in [0.2, 0.25) is 5.02 Å². The van der Waals surface area contributed by atoms with Crippen LogP contribution < -0.4 is 5.32 Å². The van der Waals surface area contributed by atoms with E-state index in [1.807, 2.05) is 6.07 Å². The van der Waals surface area contributed by atoms with E-state index in [-0.39, 0.29) is 0 Å². The molecular weight excluding hydrogens is 202 g/mol. The van der Waals surface area contributed by atoms with Crippen LogP contribution in [-0.2, 0) is 0 Å². The number of rotatable bonds is 2. The average Bonchev–Trinajstić information content (AvgIpc) is 2.33. The molecule has 72 valence electrons. The minimum absolute atomic E-state index is 0.507. The van der Waals surface area contributed by atoms with Crippen LogP contribution in [0.3, 0.4) is 0 Å². The highest BCUT2D eigenvalue weighted by atomic mass is 35.5. The topological polar surface area (TPSA) is 12.0 Å². The Morgan fingerprint density at radius 3 is 2.77 bits per heavy atom. The van der Waals surface area contributed by atoms with Crippen molar-refractivity contribution in [2.75, 3.05) is 6.54 Å². The van der Waals surface area contributed by atoms with Crippen LogP contribution in [0.25, 0.3) is 0 Å². The molecule has 0 saturated carbocycles. The third-order valence-electron chi connectivity index (χ3n) is 2.79. The first kappa shape index (κ1) is 9.50. The Morgan fingerprint density at radius 1 is 1.62 bits per heavy atom. The summed E-state index contributed by atoms with van der Waals surface area (Å²) >= 11 is 7.85. The van der Waals surface area contributed by atoms with Gasteiger partial charge in [-0.2, -0.15) is 0 Å². The van der Waals surface area contributed by atoms with E-state index in [0.29, 0.717) is 6.04 Å². The predicted octanol–water partition coefficient (Wildman–Crippen LogP) is 3.32. The van der Waals surface area contributed by atoms with Gasteiger partial charge in [-0.25, -0.2) is 0 Å². The summed E-state index contributed by atoms with van der Waals surface area (Å²) in [5.41, 5.74) is 0. The fourth-order valence-corrected chi connectivity index (χ4v) is 3.13. The molecule has 1 aromatic heterocycles. The molecule has 1 aromatic rings. The zero-order valence-corrected chi connectivity index (χ0v) is 9.45. The lowest BCUT2D eigenvalue weighted by molar-refractivity contribution is 0.177. The zero-order valence-electron chi connectivity index (χ0n) is 7.88. The molecule has 3 heteroatoms. The average molecular weight is 216 g/mol. The second-order valence-electron chi connectivity index (χ2n) is 3.93. The Kier molecular flexibility index (Phi) is 2.63. The Hall–Kier alpha value is -0.0500. The van der Waals surface area contributed by atoms with Crippen LogP contribution in [0.15, 0.2) is 11.4 Å². The monoisotopic (exact) mass is 215 g/mol. The van der Waals surface area contributed by atoms with Crippen molar-refractivity contribution in [3.05, 3.63) is 21.3 Å². The van der Waals surface area contributed by atoms with E-state index in [1.54, 1.807) is 11.3 Å². The molecule has 0 amide bonds. The van der Waals surface area contributed by atoms with Crippen molar-refractivity contribution in [2.45, 2.75) is 19.9 Å². The summed E-state index contributed by atoms with van der Waals surface area (Å²) in [7, 11) is 0. The molecule has 1 aliphatic heterocycles. The molecule has 2 heterocycles. The van der Waals surface area contributed by atoms with Crippen LogP contribution in [-0.4, -0.2) is 6.54 Å². The van der Waals surface area contributed by atoms with Gasteiger partial charge in [0.2, 0.25) is 0 Å². The first-order valence-corrected chi connectivity index (χ1v) is 5.92. The summed E-state index contributed by atoms with van der Waals surface area (Å²) in [4.78, 5) is 1.31. The maximum absolute atomic E-state index is 6.09. The van der Waals surface area contributed by atoms with Gasteiger partial charge in [-0.1, -0.05) is 25.4 Å². The van der Waals surface area contributed by atoms with Gasteiger partial charge in [0.15, 0.2) is 0 Å². The lowest BCUT2D eigenvalue weighted by Crippen LogP contribution is -2.47. The first-order chi connectivity index (χ1) is 6.20. The smallest absolute Gasteiger partial charge is 0.0561 e. The van der Waals surface area contributed by atoms with E-state index in [9.17, 15) is 0 Å². The van der Waals surface area contributed by atoms with Crippen molar-refractivity contribution >= 4 is 22.9 Å². The van der Waals surface area contributed by atoms with E-state index in [4.69, 9.17) is 11.6 Å². The van der Waals surface area contributed by atoms with Gasteiger partial charge in [0.25, 0.3) is 0 Å². The maximum atomic E-state index is 6.09. The van der Waals surface area contributed by atoms with E-state index in [1.165, 1.54) is 4.88 Å². The van der Waals surface area contributed by atoms with Gasteiger partial charge in [-0.05, 0) is 23.3 Å². The molecule has 13 heavy (non-hydrogen) atoms. The van der Waals surface area contributed by atoms with Crippen molar-refractivity contribution in [3.8, 4) is 0 Å². The summed E-state index contributed by atoms with van der Waals surface area (Å²) in [5.74, 6) is 1.50. The quantitative estimate of drug-likeness (QED) is 0.798. The molecule has 1 aliphatic rings. The minimum Gasteiger partial charge on any atom is -0.309 e. The van der Waals surface area contributed by atoms with Gasteiger partial charge < -0.3 is 5.32 Å². The first-order valence-electron chi connectivity index (χ1n) is 4.66. The highest BCUT2D eigenvalue weighted by Crippen LogP contribution is 2.40.